The van der Waals surface area contributed by atoms with E-state index in [4.69, 9.17) is 11.5 Å². The van der Waals surface area contributed by atoms with Gasteiger partial charge in [-0.25, -0.2) is 0 Å². The van der Waals surface area contributed by atoms with Crippen LogP contribution in [0.15, 0.2) is 48.5 Å². The summed E-state index contributed by atoms with van der Waals surface area (Å²) in [5.74, 6) is -6.25. The molecule has 61 heavy (non-hydrogen) atoms. The van der Waals surface area contributed by atoms with Crippen molar-refractivity contribution in [1.82, 2.24) is 37.2 Å². The zero-order valence-electron chi connectivity index (χ0n) is 34.9. The van der Waals surface area contributed by atoms with E-state index < -0.39 is 96.0 Å². The number of rotatable bonds is 25. The van der Waals surface area contributed by atoms with E-state index in [0.717, 1.165) is 0 Å². The number of aliphatic hydroxyl groups is 1. The number of phenolic OH excluding ortho intramolecular Hbond substituents is 2. The minimum atomic E-state index is -1.67. The summed E-state index contributed by atoms with van der Waals surface area (Å²) in [7, 11) is 1.39. The number of primary amides is 1. The zero-order valence-corrected chi connectivity index (χ0v) is 35.7. The number of thioether (sulfide) groups is 1. The Hall–Kier alpha value is -5.93. The van der Waals surface area contributed by atoms with Crippen molar-refractivity contribution in [2.75, 3.05) is 25.6 Å². The molecule has 336 valence electrons. The Morgan fingerprint density at radius 2 is 1.11 bits per heavy atom. The lowest BCUT2D eigenvalue weighted by Crippen LogP contribution is -2.62. The van der Waals surface area contributed by atoms with E-state index in [-0.39, 0.29) is 49.6 Å². The van der Waals surface area contributed by atoms with E-state index in [9.17, 15) is 53.7 Å². The molecule has 0 saturated carbocycles. The molecule has 0 heterocycles. The number of hydrogen-bond donors (Lipinski definition) is 12. The van der Waals surface area contributed by atoms with Gasteiger partial charge in [-0.2, -0.15) is 11.8 Å². The summed E-state index contributed by atoms with van der Waals surface area (Å²) >= 11 is 1.37. The van der Waals surface area contributed by atoms with Crippen molar-refractivity contribution < 1.29 is 53.7 Å². The summed E-state index contributed by atoms with van der Waals surface area (Å²) in [6.07, 6.45) is -0.336. The first-order valence-corrected chi connectivity index (χ1v) is 20.9. The Labute approximate surface area is 358 Å². The molecule has 0 aliphatic carbocycles. The Bertz CT molecular complexity index is 1810. The van der Waals surface area contributed by atoms with Crippen molar-refractivity contribution in [2.24, 2.45) is 17.4 Å². The molecule has 2 aromatic carbocycles. The van der Waals surface area contributed by atoms with Crippen LogP contribution in [0.2, 0.25) is 0 Å². The highest BCUT2D eigenvalue weighted by Gasteiger charge is 2.35. The molecular weight excluding hydrogens is 815 g/mol. The van der Waals surface area contributed by atoms with Crippen LogP contribution in [0.4, 0.5) is 0 Å². The third kappa shape index (κ3) is 18.5. The monoisotopic (exact) mass is 873 g/mol. The number of hydrogen-bond acceptors (Lipinski definition) is 13. The molecule has 21 heteroatoms. The lowest BCUT2D eigenvalue weighted by atomic mass is 10.0. The van der Waals surface area contributed by atoms with Crippen molar-refractivity contribution in [2.45, 2.75) is 95.2 Å². The minimum Gasteiger partial charge on any atom is -0.508 e. The quantitative estimate of drug-likeness (QED) is 0.0494. The van der Waals surface area contributed by atoms with Gasteiger partial charge in [-0.05, 0) is 73.1 Å². The van der Waals surface area contributed by atoms with E-state index in [1.54, 1.807) is 32.2 Å². The molecule has 0 aromatic heterocycles. The first kappa shape index (κ1) is 51.2. The fraction of sp³-hybridized carbons (Fsp3) is 0.500. The van der Waals surface area contributed by atoms with Gasteiger partial charge < -0.3 is 64.0 Å². The van der Waals surface area contributed by atoms with Crippen LogP contribution < -0.4 is 48.7 Å². The van der Waals surface area contributed by atoms with Gasteiger partial charge >= 0.3 is 0 Å². The summed E-state index contributed by atoms with van der Waals surface area (Å²) in [6, 6.07) is 3.42. The maximum atomic E-state index is 14.1. The van der Waals surface area contributed by atoms with Gasteiger partial charge in [-0.15, -0.1) is 0 Å². The van der Waals surface area contributed by atoms with Gasteiger partial charge in [-0.3, -0.25) is 38.4 Å². The van der Waals surface area contributed by atoms with Crippen LogP contribution >= 0.6 is 11.8 Å². The smallest absolute Gasteiger partial charge is 0.245 e. The first-order valence-electron chi connectivity index (χ1n) is 19.5. The summed E-state index contributed by atoms with van der Waals surface area (Å²) in [5, 5.41) is 47.9. The topological polar surface area (TPSA) is 333 Å². The molecule has 0 spiro atoms. The van der Waals surface area contributed by atoms with Crippen LogP contribution in [-0.2, 0) is 51.2 Å². The molecule has 14 N–H and O–H groups in total. The molecule has 1 unspecified atom stereocenters. The SMILES string of the molecule is CNC(=O)CNC(=O)[C@H](Cc1ccc(O)cc1)NC(=O)[C@H](CCSC)NC(=O)[C@H](Cc1ccc(O)cc1)NC(=O)C(NC(=O)[C@H](CC(C)C)NC(=O)[C@@H](N)CC(N)=O)[C@@H](C)O. The van der Waals surface area contributed by atoms with Crippen molar-refractivity contribution in [3.05, 3.63) is 59.7 Å². The second-order valence-electron chi connectivity index (χ2n) is 14.8. The van der Waals surface area contributed by atoms with Gasteiger partial charge in [0.2, 0.25) is 47.3 Å². The number of carbonyl (C=O) groups excluding carboxylic acids is 8. The average Bonchev–Trinajstić information content (AvgIpc) is 3.20. The fourth-order valence-electron chi connectivity index (χ4n) is 5.79. The minimum absolute atomic E-state index is 0.0212. The molecule has 0 aliphatic rings. The van der Waals surface area contributed by atoms with E-state index in [0.29, 0.717) is 16.9 Å². The van der Waals surface area contributed by atoms with E-state index >= 15 is 0 Å². The Kier molecular flexibility index (Phi) is 21.5. The Morgan fingerprint density at radius 1 is 0.656 bits per heavy atom. The highest BCUT2D eigenvalue weighted by molar-refractivity contribution is 7.98. The molecule has 0 saturated heterocycles. The van der Waals surface area contributed by atoms with Gasteiger partial charge in [0.05, 0.1) is 25.1 Å². The van der Waals surface area contributed by atoms with E-state index in [1.165, 1.54) is 62.1 Å². The Morgan fingerprint density at radius 3 is 1.59 bits per heavy atom. The van der Waals surface area contributed by atoms with Crippen LogP contribution in [0.3, 0.4) is 0 Å². The van der Waals surface area contributed by atoms with Crippen LogP contribution in [0.1, 0.15) is 51.2 Å². The third-order valence-electron chi connectivity index (χ3n) is 9.12. The van der Waals surface area contributed by atoms with Crippen LogP contribution in [0.5, 0.6) is 11.5 Å². The second-order valence-corrected chi connectivity index (χ2v) is 15.8. The maximum Gasteiger partial charge on any atom is 0.245 e. The molecule has 0 fully saturated rings. The van der Waals surface area contributed by atoms with Crippen molar-refractivity contribution >= 4 is 59.0 Å². The molecular formula is C40H59N9O11S. The van der Waals surface area contributed by atoms with Gasteiger partial charge in [0, 0.05) is 19.9 Å². The normalized spacial score (nSPS) is 14.4. The number of amides is 8. The molecule has 7 atom stereocenters. The molecule has 2 rings (SSSR count). The predicted octanol–water partition coefficient (Wildman–Crippen LogP) is -2.45. The fourth-order valence-corrected chi connectivity index (χ4v) is 6.27. The summed E-state index contributed by atoms with van der Waals surface area (Å²) < 4.78 is 0. The van der Waals surface area contributed by atoms with Gasteiger partial charge in [0.15, 0.2) is 0 Å². The van der Waals surface area contributed by atoms with Crippen LogP contribution in [0, 0.1) is 5.92 Å². The van der Waals surface area contributed by atoms with Gasteiger partial charge in [0.1, 0.15) is 41.7 Å². The van der Waals surface area contributed by atoms with Crippen molar-refractivity contribution in [3.63, 3.8) is 0 Å². The number of nitrogens with two attached hydrogens (primary N) is 2. The molecule has 0 radical (unpaired) electrons. The average molecular weight is 874 g/mol. The largest absolute Gasteiger partial charge is 0.508 e. The summed E-state index contributed by atoms with van der Waals surface area (Å²) in [4.78, 5) is 105. The van der Waals surface area contributed by atoms with E-state index in [1.807, 2.05) is 0 Å². The lowest BCUT2D eigenvalue weighted by Gasteiger charge is -2.28. The second kappa shape index (κ2) is 25.6. The highest BCUT2D eigenvalue weighted by atomic mass is 32.2. The third-order valence-corrected chi connectivity index (χ3v) is 9.77. The van der Waals surface area contributed by atoms with Gasteiger partial charge in [-0.1, -0.05) is 38.1 Å². The molecule has 20 nitrogen and oxygen atoms in total. The van der Waals surface area contributed by atoms with Crippen LogP contribution in [0.25, 0.3) is 0 Å². The number of benzene rings is 2. The number of phenols is 2. The van der Waals surface area contributed by atoms with Gasteiger partial charge in [0.25, 0.3) is 0 Å². The molecule has 8 amide bonds. The molecule has 0 aliphatic heterocycles. The standard InChI is InChI=1S/C40H59N9O11S/c1-21(2)16-29(46-35(55)27(41)19-32(42)53)39(59)49-34(22(3)50)40(60)48-31(18-24-8-12-26(52)13-9-24)38(58)45-28(14-15-61-5)37(57)47-30(36(56)44-20-33(54)43-4)17-23-6-10-25(51)11-7-23/h6-13,21-22,27-31,34,50-52H,14-20,41H2,1-5H3,(H2,42,53)(H,43,54)(H,44,56)(H,45,58)(H,46,55)(H,47,57)(H,48,60)(H,49,59)/t22-,27+,28+,29+,30+,31+,34?/m1/s1. The number of aromatic hydroxyl groups is 2. The number of nitrogens with one attached hydrogen (secondary N) is 7. The van der Waals surface area contributed by atoms with E-state index in [2.05, 4.69) is 37.2 Å². The number of carbonyl (C=O) groups is 8. The summed E-state index contributed by atoms with van der Waals surface area (Å²) in [6.45, 7) is 4.38. The van der Waals surface area contributed by atoms with Crippen molar-refractivity contribution in [3.8, 4) is 11.5 Å². The molecule has 0 bridgehead atoms. The first-order chi connectivity index (χ1) is 28.7. The molecule has 2 aromatic rings. The van der Waals surface area contributed by atoms with Crippen molar-refractivity contribution in [1.29, 1.82) is 0 Å². The Balaban J connectivity index is 2.42. The zero-order chi connectivity index (χ0) is 45.8. The predicted molar refractivity (Wildman–Crippen MR) is 226 cm³/mol. The summed E-state index contributed by atoms with van der Waals surface area (Å²) in [5.41, 5.74) is 11.9. The lowest BCUT2D eigenvalue weighted by molar-refractivity contribution is -0.137. The highest BCUT2D eigenvalue weighted by Crippen LogP contribution is 2.15. The number of aliphatic hydroxyl groups excluding tert-OH is 1. The maximum absolute atomic E-state index is 14.1. The van der Waals surface area contributed by atoms with Crippen LogP contribution in [-0.4, -0.2) is 131 Å². The number of likely N-dealkylation sites (N-methyl/N-ethyl adjacent to an activating group) is 1.